The first-order valence-electron chi connectivity index (χ1n) is 3.71. The van der Waals surface area contributed by atoms with E-state index in [4.69, 9.17) is 4.74 Å². The monoisotopic (exact) mass is 149 g/mol. The summed E-state index contributed by atoms with van der Waals surface area (Å²) in [6.45, 7) is 5.87. The fourth-order valence-electron chi connectivity index (χ4n) is 1.20. The molecule has 0 amide bonds. The molecule has 1 aromatic rings. The maximum atomic E-state index is 5.23. The molecule has 0 unspecified atom stereocenters. The van der Waals surface area contributed by atoms with Crippen LogP contribution < -0.4 is 4.74 Å². The summed E-state index contributed by atoms with van der Waals surface area (Å²) < 4.78 is 5.23. The molecule has 1 aromatic carbocycles. The van der Waals surface area contributed by atoms with Crippen LogP contribution in [0.1, 0.15) is 11.1 Å². The van der Waals surface area contributed by atoms with Crippen LogP contribution in [-0.4, -0.2) is 7.11 Å². The zero-order valence-electron chi connectivity index (χ0n) is 7.05. The topological polar surface area (TPSA) is 9.23 Å². The first kappa shape index (κ1) is 8.12. The van der Waals surface area contributed by atoms with Crippen LogP contribution in [0.15, 0.2) is 18.2 Å². The summed E-state index contributed by atoms with van der Waals surface area (Å²) in [6.07, 6.45) is 0.783. The van der Waals surface area contributed by atoms with E-state index in [-0.39, 0.29) is 0 Å². The molecular weight excluding hydrogens is 136 g/mol. The van der Waals surface area contributed by atoms with Crippen molar-refractivity contribution in [3.63, 3.8) is 0 Å². The summed E-state index contributed by atoms with van der Waals surface area (Å²) in [5.74, 6) is 0.975. The predicted molar refractivity (Wildman–Crippen MR) is 46.8 cm³/mol. The van der Waals surface area contributed by atoms with Crippen molar-refractivity contribution in [1.29, 1.82) is 0 Å². The minimum Gasteiger partial charge on any atom is -0.496 e. The van der Waals surface area contributed by atoms with Gasteiger partial charge in [0.2, 0.25) is 0 Å². The van der Waals surface area contributed by atoms with Crippen LogP contribution in [0.4, 0.5) is 0 Å². The molecule has 0 bridgehead atoms. The minimum absolute atomic E-state index is 0.783. The number of para-hydroxylation sites is 1. The molecule has 1 heteroatoms. The Hall–Kier alpha value is -0.980. The van der Waals surface area contributed by atoms with Gasteiger partial charge in [-0.25, -0.2) is 0 Å². The van der Waals surface area contributed by atoms with E-state index in [0.29, 0.717) is 0 Å². The van der Waals surface area contributed by atoms with Gasteiger partial charge in [-0.2, -0.15) is 0 Å². The fourth-order valence-corrected chi connectivity index (χ4v) is 1.20. The molecule has 1 radical (unpaired) electrons. The van der Waals surface area contributed by atoms with Crippen molar-refractivity contribution in [2.24, 2.45) is 0 Å². The van der Waals surface area contributed by atoms with Crippen LogP contribution in [0.3, 0.4) is 0 Å². The van der Waals surface area contributed by atoms with Crippen LogP contribution in [0, 0.1) is 13.8 Å². The third kappa shape index (κ3) is 1.53. The molecule has 0 N–H and O–H groups in total. The van der Waals surface area contributed by atoms with Gasteiger partial charge in [-0.3, -0.25) is 0 Å². The van der Waals surface area contributed by atoms with Gasteiger partial charge in [0.15, 0.2) is 0 Å². The SMILES string of the molecule is [CH2]Cc1cccc(C)c1OC. The van der Waals surface area contributed by atoms with Crippen LogP contribution in [0.25, 0.3) is 0 Å². The maximum absolute atomic E-state index is 5.23. The number of hydrogen-bond acceptors (Lipinski definition) is 1. The molecule has 0 heterocycles. The highest BCUT2D eigenvalue weighted by atomic mass is 16.5. The third-order valence-corrected chi connectivity index (χ3v) is 1.77. The zero-order chi connectivity index (χ0) is 8.27. The summed E-state index contributed by atoms with van der Waals surface area (Å²) in [7, 11) is 1.70. The second kappa shape index (κ2) is 3.42. The van der Waals surface area contributed by atoms with E-state index in [1.54, 1.807) is 7.11 Å². The summed E-state index contributed by atoms with van der Waals surface area (Å²) in [5.41, 5.74) is 2.35. The first-order chi connectivity index (χ1) is 5.29. The van der Waals surface area contributed by atoms with Gasteiger partial charge in [-0.15, -0.1) is 0 Å². The Bertz CT molecular complexity index is 241. The minimum atomic E-state index is 0.783. The molecule has 0 aromatic heterocycles. The highest BCUT2D eigenvalue weighted by Gasteiger charge is 2.01. The average molecular weight is 149 g/mol. The second-order valence-electron chi connectivity index (χ2n) is 2.52. The molecular formula is C10H13O. The maximum Gasteiger partial charge on any atom is 0.124 e. The molecule has 0 aliphatic rings. The largest absolute Gasteiger partial charge is 0.496 e. The fraction of sp³-hybridized carbons (Fsp3) is 0.300. The highest BCUT2D eigenvalue weighted by Crippen LogP contribution is 2.22. The van der Waals surface area contributed by atoms with Crippen LogP contribution in [0.5, 0.6) is 5.75 Å². The van der Waals surface area contributed by atoms with Crippen LogP contribution >= 0.6 is 0 Å². The summed E-state index contributed by atoms with van der Waals surface area (Å²) in [5, 5.41) is 0. The van der Waals surface area contributed by atoms with Gasteiger partial charge in [0, 0.05) is 0 Å². The number of hydrogen-bond donors (Lipinski definition) is 0. The Balaban J connectivity index is 3.13. The van der Waals surface area contributed by atoms with Gasteiger partial charge in [0.1, 0.15) is 5.75 Å². The smallest absolute Gasteiger partial charge is 0.124 e. The average Bonchev–Trinajstić information content (AvgIpc) is 2.04. The van der Waals surface area contributed by atoms with Crippen molar-refractivity contribution in [3.05, 3.63) is 36.2 Å². The van der Waals surface area contributed by atoms with Crippen molar-refractivity contribution in [3.8, 4) is 5.75 Å². The van der Waals surface area contributed by atoms with Crippen molar-refractivity contribution in [2.45, 2.75) is 13.3 Å². The Morgan fingerprint density at radius 1 is 1.45 bits per heavy atom. The Labute approximate surface area is 68.0 Å². The number of rotatable bonds is 2. The van der Waals surface area contributed by atoms with E-state index in [1.807, 2.05) is 25.1 Å². The lowest BCUT2D eigenvalue weighted by Crippen LogP contribution is -1.92. The molecule has 0 spiro atoms. The number of methoxy groups -OCH3 is 1. The summed E-state index contributed by atoms with van der Waals surface area (Å²) >= 11 is 0. The molecule has 0 aliphatic heterocycles. The third-order valence-electron chi connectivity index (χ3n) is 1.77. The van der Waals surface area contributed by atoms with Gasteiger partial charge in [-0.05, 0) is 31.4 Å². The summed E-state index contributed by atoms with van der Waals surface area (Å²) in [6, 6.07) is 6.11. The second-order valence-corrected chi connectivity index (χ2v) is 2.52. The molecule has 0 atom stereocenters. The Morgan fingerprint density at radius 2 is 2.18 bits per heavy atom. The summed E-state index contributed by atoms with van der Waals surface area (Å²) in [4.78, 5) is 0. The number of benzene rings is 1. The Kier molecular flexibility index (Phi) is 2.53. The highest BCUT2D eigenvalue weighted by molar-refractivity contribution is 5.40. The number of ether oxygens (including phenoxy) is 1. The lowest BCUT2D eigenvalue weighted by molar-refractivity contribution is 0.407. The van der Waals surface area contributed by atoms with Crippen molar-refractivity contribution >= 4 is 0 Å². The molecule has 0 fully saturated rings. The quantitative estimate of drug-likeness (QED) is 0.627. The van der Waals surface area contributed by atoms with Gasteiger partial charge in [-0.1, -0.05) is 18.2 Å². The van der Waals surface area contributed by atoms with E-state index in [0.717, 1.165) is 12.2 Å². The van der Waals surface area contributed by atoms with E-state index in [9.17, 15) is 0 Å². The molecule has 0 saturated carbocycles. The van der Waals surface area contributed by atoms with Gasteiger partial charge >= 0.3 is 0 Å². The van der Waals surface area contributed by atoms with Crippen LogP contribution in [0.2, 0.25) is 0 Å². The van der Waals surface area contributed by atoms with Crippen molar-refractivity contribution in [2.75, 3.05) is 7.11 Å². The Morgan fingerprint density at radius 3 is 2.64 bits per heavy atom. The number of aryl methyl sites for hydroxylation is 1. The van der Waals surface area contributed by atoms with E-state index < -0.39 is 0 Å². The van der Waals surface area contributed by atoms with Crippen LogP contribution in [-0.2, 0) is 6.42 Å². The molecule has 0 aliphatic carbocycles. The predicted octanol–water partition coefficient (Wildman–Crippen LogP) is 2.38. The lowest BCUT2D eigenvalue weighted by Gasteiger charge is -2.08. The van der Waals surface area contributed by atoms with Gasteiger partial charge in [0.25, 0.3) is 0 Å². The van der Waals surface area contributed by atoms with Crippen molar-refractivity contribution < 1.29 is 4.74 Å². The lowest BCUT2D eigenvalue weighted by atomic mass is 10.1. The van der Waals surface area contributed by atoms with E-state index >= 15 is 0 Å². The molecule has 1 rings (SSSR count). The molecule has 1 nitrogen and oxygen atoms in total. The first-order valence-corrected chi connectivity index (χ1v) is 3.71. The van der Waals surface area contributed by atoms with E-state index in [2.05, 4.69) is 6.92 Å². The van der Waals surface area contributed by atoms with Gasteiger partial charge < -0.3 is 4.74 Å². The molecule has 59 valence electrons. The van der Waals surface area contributed by atoms with Gasteiger partial charge in [0.05, 0.1) is 7.11 Å². The van der Waals surface area contributed by atoms with E-state index in [1.165, 1.54) is 11.1 Å². The molecule has 11 heavy (non-hydrogen) atoms. The normalized spacial score (nSPS) is 9.73. The van der Waals surface area contributed by atoms with Crippen molar-refractivity contribution in [1.82, 2.24) is 0 Å². The standard InChI is InChI=1S/C10H13O/c1-4-9-7-5-6-8(2)10(9)11-3/h5-7H,1,4H2,2-3H3. The zero-order valence-corrected chi connectivity index (χ0v) is 7.05. The molecule has 0 saturated heterocycles.